The number of urea groups is 1. The third-order valence-corrected chi connectivity index (χ3v) is 6.01. The van der Waals surface area contributed by atoms with Crippen molar-refractivity contribution in [1.82, 2.24) is 14.7 Å². The number of alkyl halides is 3. The topological polar surface area (TPSA) is 74.8 Å². The predicted molar refractivity (Wildman–Crippen MR) is 107 cm³/mol. The molecule has 2 atom stereocenters. The van der Waals surface area contributed by atoms with Crippen molar-refractivity contribution in [3.8, 4) is 0 Å². The summed E-state index contributed by atoms with van der Waals surface area (Å²) in [5, 5.41) is 16.1. The Kier molecular flexibility index (Phi) is 5.36. The van der Waals surface area contributed by atoms with Gasteiger partial charge in [0.1, 0.15) is 11.5 Å². The highest BCUT2D eigenvalue weighted by atomic mass is 19.3. The first-order valence-corrected chi connectivity index (χ1v) is 10.1. The molecule has 170 valence electrons. The molecule has 0 saturated carbocycles. The number of carbonyl (C=O) groups excluding carboxylic acids is 1. The Balaban J connectivity index is 1.64. The van der Waals surface area contributed by atoms with Crippen molar-refractivity contribution in [3.05, 3.63) is 52.4 Å². The molecule has 11 heteroatoms. The molecule has 0 fully saturated rings. The molecule has 2 N–H and O–H groups in total. The van der Waals surface area contributed by atoms with Crippen LogP contribution in [0.4, 0.5) is 33.7 Å². The number of nitrogens with one attached hydrogen (secondary N) is 1. The van der Waals surface area contributed by atoms with Gasteiger partial charge in [-0.05, 0) is 31.5 Å². The first-order chi connectivity index (χ1) is 15.1. The van der Waals surface area contributed by atoms with Crippen LogP contribution in [0.15, 0.2) is 18.2 Å². The predicted octanol–water partition coefficient (Wildman–Crippen LogP) is 4.14. The van der Waals surface area contributed by atoms with Crippen LogP contribution in [-0.2, 0) is 25.4 Å². The third-order valence-electron chi connectivity index (χ3n) is 6.01. The number of amides is 2. The molecule has 2 amide bonds. The fraction of sp³-hybridized carbons (Fsp3) is 0.476. The molecule has 32 heavy (non-hydrogen) atoms. The minimum absolute atomic E-state index is 0.164. The van der Waals surface area contributed by atoms with Gasteiger partial charge in [-0.15, -0.1) is 0 Å². The molecule has 0 radical (unpaired) electrons. The maximum atomic E-state index is 15.0. The van der Waals surface area contributed by atoms with Gasteiger partial charge in [0, 0.05) is 30.1 Å². The number of fused-ring (bicyclic) bond motifs is 3. The van der Waals surface area contributed by atoms with Crippen LogP contribution in [0.1, 0.15) is 36.7 Å². The molecule has 0 unspecified atom stereocenters. The second-order valence-electron chi connectivity index (χ2n) is 8.33. The van der Waals surface area contributed by atoms with Crippen molar-refractivity contribution in [1.29, 1.82) is 0 Å². The number of anilines is 1. The number of aromatic nitrogens is 2. The molecule has 1 aromatic carbocycles. The van der Waals surface area contributed by atoms with Crippen LogP contribution in [0.3, 0.4) is 0 Å². The summed E-state index contributed by atoms with van der Waals surface area (Å²) in [6.45, 7) is 7.17. The molecular formula is C21H21F4N5O2. The summed E-state index contributed by atoms with van der Waals surface area (Å²) in [5.74, 6) is -4.08. The Morgan fingerprint density at radius 3 is 2.81 bits per heavy atom. The lowest BCUT2D eigenvalue weighted by atomic mass is 9.95. The second-order valence-corrected chi connectivity index (χ2v) is 8.33. The zero-order valence-electron chi connectivity index (χ0n) is 17.2. The van der Waals surface area contributed by atoms with Crippen LogP contribution < -0.4 is 5.32 Å². The van der Waals surface area contributed by atoms with E-state index < -0.39 is 61.2 Å². The SMILES string of the molecule is [C-]#[N+]c1cc(NC(=O)N2Cc3c(nn4c3C(F)(F)CC[C@](F)(CO)C4)C[C@H]2C)ccc1F. The summed E-state index contributed by atoms with van der Waals surface area (Å²) in [4.78, 5) is 17.3. The van der Waals surface area contributed by atoms with Gasteiger partial charge in [-0.25, -0.2) is 18.4 Å². The summed E-state index contributed by atoms with van der Waals surface area (Å²) >= 11 is 0. The second kappa shape index (κ2) is 7.78. The van der Waals surface area contributed by atoms with Crippen LogP contribution in [0.25, 0.3) is 4.85 Å². The van der Waals surface area contributed by atoms with E-state index in [4.69, 9.17) is 6.57 Å². The van der Waals surface area contributed by atoms with Crippen LogP contribution in [0.5, 0.6) is 0 Å². The molecule has 1 aromatic heterocycles. The number of aliphatic hydroxyl groups excluding tert-OH is 1. The van der Waals surface area contributed by atoms with Gasteiger partial charge in [-0.3, -0.25) is 4.68 Å². The van der Waals surface area contributed by atoms with Crippen molar-refractivity contribution in [3.63, 3.8) is 0 Å². The summed E-state index contributed by atoms with van der Waals surface area (Å²) < 4.78 is 59.2. The first-order valence-electron chi connectivity index (χ1n) is 10.1. The third kappa shape index (κ3) is 3.79. The average molecular weight is 451 g/mol. The number of halogens is 4. The number of benzene rings is 1. The van der Waals surface area contributed by atoms with Crippen LogP contribution in [0, 0.1) is 12.4 Å². The zero-order chi connectivity index (χ0) is 23.3. The summed E-state index contributed by atoms with van der Waals surface area (Å²) in [6, 6.07) is 2.55. The molecule has 0 bridgehead atoms. The lowest BCUT2D eigenvalue weighted by Crippen LogP contribution is -2.45. The smallest absolute Gasteiger partial charge is 0.322 e. The summed E-state index contributed by atoms with van der Waals surface area (Å²) in [5.41, 5.74) is -2.14. The highest BCUT2D eigenvalue weighted by Gasteiger charge is 2.48. The highest BCUT2D eigenvalue weighted by Crippen LogP contribution is 2.44. The monoisotopic (exact) mass is 451 g/mol. The standard InChI is InChI=1S/C21H21F4N5O2/c1-12-7-16-14(18-21(24,25)6-5-20(23,11-31)10-30(18)28-16)9-29(12)19(32)27-13-3-4-15(22)17(8-13)26-2/h3-4,8,12,31H,5-7,9-11H2,1H3,(H,27,32)/t12-,20-/m1/s1. The van der Waals surface area contributed by atoms with Crippen LogP contribution >= 0.6 is 0 Å². The van der Waals surface area contributed by atoms with Crippen LogP contribution in [-0.4, -0.2) is 44.1 Å². The Morgan fingerprint density at radius 1 is 1.38 bits per heavy atom. The quantitative estimate of drug-likeness (QED) is 0.533. The molecule has 2 aliphatic rings. The Labute approximate surface area is 181 Å². The van der Waals surface area contributed by atoms with Gasteiger partial charge in [-0.1, -0.05) is 0 Å². The van der Waals surface area contributed by atoms with Crippen molar-refractivity contribution in [2.45, 2.75) is 56.9 Å². The largest absolute Gasteiger partial charge is 0.393 e. The van der Waals surface area contributed by atoms with E-state index in [1.165, 1.54) is 17.0 Å². The van der Waals surface area contributed by atoms with E-state index in [2.05, 4.69) is 15.3 Å². The van der Waals surface area contributed by atoms with Crippen molar-refractivity contribution < 1.29 is 27.5 Å². The maximum Gasteiger partial charge on any atom is 0.322 e. The molecule has 2 aliphatic heterocycles. The lowest BCUT2D eigenvalue weighted by molar-refractivity contribution is -0.0324. The van der Waals surface area contributed by atoms with E-state index in [1.807, 2.05) is 0 Å². The fourth-order valence-corrected chi connectivity index (χ4v) is 4.24. The van der Waals surface area contributed by atoms with E-state index in [0.717, 1.165) is 10.7 Å². The number of nitrogens with zero attached hydrogens (tertiary/aromatic N) is 4. The molecular weight excluding hydrogens is 430 g/mol. The van der Waals surface area contributed by atoms with E-state index in [-0.39, 0.29) is 29.9 Å². The van der Waals surface area contributed by atoms with Gasteiger partial charge in [0.05, 0.1) is 32.0 Å². The summed E-state index contributed by atoms with van der Waals surface area (Å²) in [6.07, 6.45) is -1.10. The van der Waals surface area contributed by atoms with Crippen molar-refractivity contribution in [2.24, 2.45) is 0 Å². The molecule has 0 saturated heterocycles. The number of rotatable bonds is 2. The highest BCUT2D eigenvalue weighted by molar-refractivity contribution is 5.90. The Morgan fingerprint density at radius 2 is 2.12 bits per heavy atom. The maximum absolute atomic E-state index is 15.0. The molecule has 3 heterocycles. The lowest BCUT2D eigenvalue weighted by Gasteiger charge is -2.33. The zero-order valence-corrected chi connectivity index (χ0v) is 17.2. The van der Waals surface area contributed by atoms with E-state index >= 15 is 0 Å². The molecule has 0 spiro atoms. The number of aliphatic hydroxyl groups is 1. The normalized spacial score (nSPS) is 24.2. The van der Waals surface area contributed by atoms with Gasteiger partial charge in [-0.2, -0.15) is 13.9 Å². The fourth-order valence-electron chi connectivity index (χ4n) is 4.24. The van der Waals surface area contributed by atoms with Crippen molar-refractivity contribution >= 4 is 17.4 Å². The molecule has 2 aromatic rings. The average Bonchev–Trinajstić information content (AvgIpc) is 3.05. The van der Waals surface area contributed by atoms with E-state index in [9.17, 15) is 27.5 Å². The summed E-state index contributed by atoms with van der Waals surface area (Å²) in [7, 11) is 0. The number of hydrogen-bond donors (Lipinski definition) is 2. The minimum atomic E-state index is -3.37. The van der Waals surface area contributed by atoms with Gasteiger partial charge >= 0.3 is 6.03 Å². The minimum Gasteiger partial charge on any atom is -0.393 e. The number of hydrogen-bond acceptors (Lipinski definition) is 3. The number of carbonyl (C=O) groups is 1. The molecule has 0 aliphatic carbocycles. The van der Waals surface area contributed by atoms with Gasteiger partial charge in [0.15, 0.2) is 5.67 Å². The molecule has 4 rings (SSSR count). The Bertz CT molecular complexity index is 1110. The Hall–Kier alpha value is -3.13. The van der Waals surface area contributed by atoms with Gasteiger partial charge < -0.3 is 15.3 Å². The van der Waals surface area contributed by atoms with E-state index in [1.54, 1.807) is 6.92 Å². The van der Waals surface area contributed by atoms with Gasteiger partial charge in [0.2, 0.25) is 5.69 Å². The van der Waals surface area contributed by atoms with Gasteiger partial charge in [0.25, 0.3) is 5.92 Å². The van der Waals surface area contributed by atoms with Crippen LogP contribution in [0.2, 0.25) is 0 Å². The van der Waals surface area contributed by atoms with Crippen molar-refractivity contribution in [2.75, 3.05) is 11.9 Å². The first kappa shape index (κ1) is 22.1. The molecule has 7 nitrogen and oxygen atoms in total. The van der Waals surface area contributed by atoms with E-state index in [0.29, 0.717) is 5.69 Å².